The van der Waals surface area contributed by atoms with Gasteiger partial charge < -0.3 is 4.74 Å². The second-order valence-electron chi connectivity index (χ2n) is 8.17. The minimum atomic E-state index is -3.81. The van der Waals surface area contributed by atoms with Crippen LogP contribution in [0.15, 0.2) is 90.0 Å². The first-order chi connectivity index (χ1) is 17.7. The fraction of sp³-hybridized carbons (Fsp3) is 0.111. The Morgan fingerprint density at radius 3 is 2.43 bits per heavy atom. The molecule has 0 radical (unpaired) electrons. The van der Waals surface area contributed by atoms with Crippen LogP contribution in [0, 0.1) is 0 Å². The van der Waals surface area contributed by atoms with E-state index in [9.17, 15) is 13.2 Å². The second kappa shape index (κ2) is 11.6. The highest BCUT2D eigenvalue weighted by atomic mass is 35.5. The lowest BCUT2D eigenvalue weighted by atomic mass is 10.1. The number of nitrogens with one attached hydrogen (secondary N) is 1. The van der Waals surface area contributed by atoms with Gasteiger partial charge in [-0.25, -0.2) is 13.8 Å². The number of carbonyl (C=O) groups excluding carboxylic acids is 1. The Morgan fingerprint density at radius 2 is 1.70 bits per heavy atom. The molecule has 7 nitrogen and oxygen atoms in total. The molecule has 1 amide bonds. The van der Waals surface area contributed by atoms with Gasteiger partial charge in [0.05, 0.1) is 28.2 Å². The highest BCUT2D eigenvalue weighted by molar-refractivity contribution is 7.92. The number of nitrogens with zero attached hydrogens (tertiary/aromatic N) is 2. The number of hydrogen-bond acceptors (Lipinski definition) is 5. The quantitative estimate of drug-likeness (QED) is 0.214. The standard InChI is InChI=1S/C27H23Cl2N3O4S/c1-37(34,35)32(25-8-4-7-24(28)27(25)29)17-26(33)31-30-16-19-10-13-23(14-11-19)36-18-20-9-12-21-5-2-3-6-22(21)15-20/h2-16H,17-18H2,1H3,(H,31,33)/b30-16-. The molecule has 37 heavy (non-hydrogen) atoms. The zero-order valence-corrected chi connectivity index (χ0v) is 22.1. The van der Waals surface area contributed by atoms with Crippen molar-refractivity contribution in [3.05, 3.63) is 106 Å². The summed E-state index contributed by atoms with van der Waals surface area (Å²) in [6, 6.07) is 26.1. The number of amides is 1. The van der Waals surface area contributed by atoms with Crippen LogP contribution in [-0.4, -0.2) is 33.3 Å². The average Bonchev–Trinajstić information content (AvgIpc) is 2.88. The molecule has 4 aromatic carbocycles. The van der Waals surface area contributed by atoms with E-state index in [1.54, 1.807) is 30.3 Å². The molecule has 0 saturated carbocycles. The molecule has 0 spiro atoms. The molecule has 0 unspecified atom stereocenters. The number of carbonyl (C=O) groups is 1. The van der Waals surface area contributed by atoms with E-state index in [-0.39, 0.29) is 15.7 Å². The van der Waals surface area contributed by atoms with Crippen molar-refractivity contribution in [2.24, 2.45) is 5.10 Å². The van der Waals surface area contributed by atoms with Crippen molar-refractivity contribution in [1.82, 2.24) is 5.43 Å². The lowest BCUT2D eigenvalue weighted by Crippen LogP contribution is -2.39. The van der Waals surface area contributed by atoms with Crippen molar-refractivity contribution >= 4 is 61.8 Å². The number of fused-ring (bicyclic) bond motifs is 1. The van der Waals surface area contributed by atoms with Gasteiger partial charge in [-0.1, -0.05) is 65.7 Å². The Kier molecular flexibility index (Phi) is 8.33. The molecular weight excluding hydrogens is 533 g/mol. The van der Waals surface area contributed by atoms with E-state index in [1.807, 2.05) is 18.2 Å². The molecule has 10 heteroatoms. The largest absolute Gasteiger partial charge is 0.489 e. The third-order valence-corrected chi connectivity index (χ3v) is 7.33. The second-order valence-corrected chi connectivity index (χ2v) is 10.9. The Balaban J connectivity index is 1.33. The summed E-state index contributed by atoms with van der Waals surface area (Å²) in [6.07, 6.45) is 2.42. The van der Waals surface area contributed by atoms with Crippen LogP contribution in [0.5, 0.6) is 5.75 Å². The molecule has 0 bridgehead atoms. The van der Waals surface area contributed by atoms with Crippen LogP contribution in [0.1, 0.15) is 11.1 Å². The first-order valence-corrected chi connectivity index (χ1v) is 13.8. The van der Waals surface area contributed by atoms with Crippen LogP contribution in [0.4, 0.5) is 5.69 Å². The summed E-state index contributed by atoms with van der Waals surface area (Å²) in [7, 11) is -3.81. The average molecular weight is 556 g/mol. The highest BCUT2D eigenvalue weighted by Gasteiger charge is 2.23. The van der Waals surface area contributed by atoms with E-state index in [0.717, 1.165) is 27.1 Å². The molecule has 1 N–H and O–H groups in total. The van der Waals surface area contributed by atoms with Gasteiger partial charge in [0.2, 0.25) is 10.0 Å². The number of anilines is 1. The van der Waals surface area contributed by atoms with Gasteiger partial charge in [-0.05, 0) is 64.4 Å². The summed E-state index contributed by atoms with van der Waals surface area (Å²) in [5, 5.41) is 6.47. The Labute approximate surface area is 225 Å². The first kappa shape index (κ1) is 26.5. The number of hydrogen-bond donors (Lipinski definition) is 1. The van der Waals surface area contributed by atoms with E-state index in [0.29, 0.717) is 12.4 Å². The van der Waals surface area contributed by atoms with Crippen molar-refractivity contribution in [3.8, 4) is 5.75 Å². The summed E-state index contributed by atoms with van der Waals surface area (Å²) in [5.74, 6) is 0.0459. The van der Waals surface area contributed by atoms with E-state index < -0.39 is 22.5 Å². The Hall–Kier alpha value is -3.59. The minimum Gasteiger partial charge on any atom is -0.489 e. The van der Waals surface area contributed by atoms with Gasteiger partial charge in [0, 0.05) is 0 Å². The van der Waals surface area contributed by atoms with Gasteiger partial charge in [0.25, 0.3) is 5.91 Å². The lowest BCUT2D eigenvalue weighted by Gasteiger charge is -2.22. The van der Waals surface area contributed by atoms with Crippen molar-refractivity contribution in [1.29, 1.82) is 0 Å². The molecule has 4 aromatic rings. The molecule has 0 saturated heterocycles. The van der Waals surface area contributed by atoms with Crippen LogP contribution in [0.25, 0.3) is 10.8 Å². The van der Waals surface area contributed by atoms with E-state index in [1.165, 1.54) is 23.7 Å². The zero-order chi connectivity index (χ0) is 26.4. The van der Waals surface area contributed by atoms with Crippen LogP contribution >= 0.6 is 23.2 Å². The van der Waals surface area contributed by atoms with Gasteiger partial charge >= 0.3 is 0 Å². The van der Waals surface area contributed by atoms with Crippen molar-refractivity contribution in [2.45, 2.75) is 6.61 Å². The molecule has 0 aliphatic heterocycles. The van der Waals surface area contributed by atoms with Crippen LogP contribution in [-0.2, 0) is 21.4 Å². The predicted molar refractivity (Wildman–Crippen MR) is 149 cm³/mol. The van der Waals surface area contributed by atoms with Gasteiger partial charge in [0.1, 0.15) is 18.9 Å². The van der Waals surface area contributed by atoms with E-state index >= 15 is 0 Å². The highest BCUT2D eigenvalue weighted by Crippen LogP contribution is 2.33. The van der Waals surface area contributed by atoms with Crippen molar-refractivity contribution < 1.29 is 17.9 Å². The molecule has 0 fully saturated rings. The molecule has 4 rings (SSSR count). The number of rotatable bonds is 9. The summed E-state index contributed by atoms with van der Waals surface area (Å²) in [6.45, 7) is -0.0837. The van der Waals surface area contributed by atoms with Crippen LogP contribution in [0.2, 0.25) is 10.0 Å². The van der Waals surface area contributed by atoms with Gasteiger partial charge in [-0.2, -0.15) is 5.10 Å². The molecule has 0 aliphatic rings. The maximum atomic E-state index is 12.4. The normalized spacial score (nSPS) is 11.5. The first-order valence-electron chi connectivity index (χ1n) is 11.1. The summed E-state index contributed by atoms with van der Waals surface area (Å²) in [5.41, 5.74) is 4.22. The van der Waals surface area contributed by atoms with Gasteiger partial charge in [-0.3, -0.25) is 9.10 Å². The van der Waals surface area contributed by atoms with E-state index in [4.69, 9.17) is 27.9 Å². The van der Waals surface area contributed by atoms with Crippen molar-refractivity contribution in [3.63, 3.8) is 0 Å². The Bertz CT molecular complexity index is 1560. The maximum absolute atomic E-state index is 12.4. The Morgan fingerprint density at radius 1 is 0.973 bits per heavy atom. The predicted octanol–water partition coefficient (Wildman–Crippen LogP) is 5.64. The number of hydrazone groups is 1. The third kappa shape index (κ3) is 7.01. The van der Waals surface area contributed by atoms with Crippen LogP contribution in [0.3, 0.4) is 0 Å². The molecule has 0 aliphatic carbocycles. The van der Waals surface area contributed by atoms with Crippen LogP contribution < -0.4 is 14.5 Å². The fourth-order valence-electron chi connectivity index (χ4n) is 3.56. The number of benzene rings is 4. The smallest absolute Gasteiger partial charge is 0.260 e. The monoisotopic (exact) mass is 555 g/mol. The molecule has 0 heterocycles. The molecule has 190 valence electrons. The fourth-order valence-corrected chi connectivity index (χ4v) is 4.86. The topological polar surface area (TPSA) is 88.1 Å². The van der Waals surface area contributed by atoms with Crippen molar-refractivity contribution in [2.75, 3.05) is 17.1 Å². The number of sulfonamides is 1. The molecule has 0 aromatic heterocycles. The van der Waals surface area contributed by atoms with E-state index in [2.05, 4.69) is 34.8 Å². The van der Waals surface area contributed by atoms with Gasteiger partial charge in [0.15, 0.2) is 0 Å². The lowest BCUT2D eigenvalue weighted by molar-refractivity contribution is -0.119. The molecule has 0 atom stereocenters. The zero-order valence-electron chi connectivity index (χ0n) is 19.8. The number of halogens is 2. The minimum absolute atomic E-state index is 0.0359. The SMILES string of the molecule is CS(=O)(=O)N(CC(=O)N/N=C\c1ccc(OCc2ccc3ccccc3c2)cc1)c1cccc(Cl)c1Cl. The van der Waals surface area contributed by atoms with Gasteiger partial charge in [-0.15, -0.1) is 0 Å². The number of ether oxygens (including phenoxy) is 1. The summed E-state index contributed by atoms with van der Waals surface area (Å²) < 4.78 is 31.3. The maximum Gasteiger partial charge on any atom is 0.260 e. The third-order valence-electron chi connectivity index (χ3n) is 5.39. The molecular formula is C27H23Cl2N3O4S. The summed E-state index contributed by atoms with van der Waals surface area (Å²) >= 11 is 12.1. The summed E-state index contributed by atoms with van der Waals surface area (Å²) in [4.78, 5) is 12.4.